The van der Waals surface area contributed by atoms with Crippen LogP contribution in [0.25, 0.3) is 0 Å². The lowest BCUT2D eigenvalue weighted by Gasteiger charge is -2.34. The van der Waals surface area contributed by atoms with Crippen molar-refractivity contribution in [2.24, 2.45) is 0 Å². The van der Waals surface area contributed by atoms with E-state index in [4.69, 9.17) is 4.74 Å². The predicted molar refractivity (Wildman–Crippen MR) is 98.5 cm³/mol. The number of nitrogens with zero attached hydrogens (tertiary/aromatic N) is 2. The van der Waals surface area contributed by atoms with Gasteiger partial charge in [-0.3, -0.25) is 4.90 Å². The highest BCUT2D eigenvalue weighted by molar-refractivity contribution is 5.30. The van der Waals surface area contributed by atoms with Gasteiger partial charge < -0.3 is 9.64 Å². The molecule has 0 aliphatic carbocycles. The summed E-state index contributed by atoms with van der Waals surface area (Å²) in [7, 11) is 2.24. The molecule has 3 aliphatic rings. The lowest BCUT2D eigenvalue weighted by Crippen LogP contribution is -2.35. The van der Waals surface area contributed by atoms with Crippen LogP contribution >= 0.6 is 0 Å². The van der Waals surface area contributed by atoms with Gasteiger partial charge in [0.05, 0.1) is 6.61 Å². The van der Waals surface area contributed by atoms with E-state index in [9.17, 15) is 0 Å². The van der Waals surface area contributed by atoms with E-state index in [1.54, 1.807) is 0 Å². The second kappa shape index (κ2) is 7.45. The minimum atomic E-state index is 0.650. The van der Waals surface area contributed by atoms with Crippen LogP contribution in [0.1, 0.15) is 63.0 Å². The van der Waals surface area contributed by atoms with E-state index in [1.807, 2.05) is 0 Å². The standard InChI is InChI=1S/C21H32N2O/c1-22-14-4-6-18(22)13-16-24-20-10-7-17(8-11-20)21-12-9-19-5-2-3-15-23(19)21/h7-8,10-11,18-19,21H,2-6,9,12-16H2,1H3. The lowest BCUT2D eigenvalue weighted by atomic mass is 10.0. The molecule has 24 heavy (non-hydrogen) atoms. The van der Waals surface area contributed by atoms with E-state index in [0.717, 1.165) is 30.9 Å². The van der Waals surface area contributed by atoms with Gasteiger partial charge in [-0.15, -0.1) is 0 Å². The fraction of sp³-hybridized carbons (Fsp3) is 0.714. The van der Waals surface area contributed by atoms with Crippen molar-refractivity contribution in [2.45, 2.75) is 69.5 Å². The Hall–Kier alpha value is -1.06. The van der Waals surface area contributed by atoms with Crippen LogP contribution in [0, 0.1) is 0 Å². The Kier molecular flexibility index (Phi) is 5.09. The normalized spacial score (nSPS) is 31.3. The van der Waals surface area contributed by atoms with Gasteiger partial charge in [-0.25, -0.2) is 0 Å². The first-order chi connectivity index (χ1) is 11.8. The first-order valence-corrected chi connectivity index (χ1v) is 10.00. The van der Waals surface area contributed by atoms with Gasteiger partial charge in [0, 0.05) is 18.1 Å². The van der Waals surface area contributed by atoms with E-state index >= 15 is 0 Å². The molecule has 3 heterocycles. The molecule has 3 unspecified atom stereocenters. The molecule has 0 radical (unpaired) electrons. The molecule has 0 bridgehead atoms. The smallest absolute Gasteiger partial charge is 0.119 e. The summed E-state index contributed by atoms with van der Waals surface area (Å²) in [6, 6.07) is 11.2. The predicted octanol–water partition coefficient (Wildman–Crippen LogP) is 4.24. The molecular formula is C21H32N2O. The van der Waals surface area contributed by atoms with Crippen LogP contribution in [0.2, 0.25) is 0 Å². The summed E-state index contributed by atoms with van der Waals surface area (Å²) in [4.78, 5) is 5.23. The van der Waals surface area contributed by atoms with Crippen molar-refractivity contribution in [3.63, 3.8) is 0 Å². The third-order valence-corrected chi connectivity index (χ3v) is 6.50. The highest BCUT2D eigenvalue weighted by Crippen LogP contribution is 2.40. The Morgan fingerprint density at radius 3 is 2.62 bits per heavy atom. The van der Waals surface area contributed by atoms with Crippen LogP contribution in [0.15, 0.2) is 24.3 Å². The van der Waals surface area contributed by atoms with E-state index < -0.39 is 0 Å². The maximum Gasteiger partial charge on any atom is 0.119 e. The first kappa shape index (κ1) is 16.4. The molecule has 3 heteroatoms. The largest absolute Gasteiger partial charge is 0.494 e. The van der Waals surface area contributed by atoms with Gasteiger partial charge in [-0.1, -0.05) is 18.6 Å². The molecule has 0 aromatic heterocycles. The van der Waals surface area contributed by atoms with Crippen LogP contribution in [0.5, 0.6) is 5.75 Å². The number of likely N-dealkylation sites (tertiary alicyclic amines) is 1. The van der Waals surface area contributed by atoms with E-state index in [2.05, 4.69) is 41.1 Å². The Balaban J connectivity index is 1.30. The molecule has 3 nitrogen and oxygen atoms in total. The molecule has 3 atom stereocenters. The average molecular weight is 329 g/mol. The highest BCUT2D eigenvalue weighted by Gasteiger charge is 2.35. The Morgan fingerprint density at radius 1 is 0.958 bits per heavy atom. The van der Waals surface area contributed by atoms with Crippen molar-refractivity contribution in [2.75, 3.05) is 26.7 Å². The number of ether oxygens (including phenoxy) is 1. The fourth-order valence-corrected chi connectivity index (χ4v) is 5.06. The molecule has 3 saturated heterocycles. The molecule has 1 aromatic carbocycles. The summed E-state index contributed by atoms with van der Waals surface area (Å²) >= 11 is 0. The number of piperidine rings is 1. The number of benzene rings is 1. The zero-order valence-electron chi connectivity index (χ0n) is 15.1. The van der Waals surface area contributed by atoms with Crippen LogP contribution in [0.4, 0.5) is 0 Å². The summed E-state index contributed by atoms with van der Waals surface area (Å²) < 4.78 is 6.00. The highest BCUT2D eigenvalue weighted by atomic mass is 16.5. The van der Waals surface area contributed by atoms with E-state index in [0.29, 0.717) is 6.04 Å². The minimum Gasteiger partial charge on any atom is -0.494 e. The summed E-state index contributed by atoms with van der Waals surface area (Å²) in [5.74, 6) is 1.03. The third-order valence-electron chi connectivity index (χ3n) is 6.50. The van der Waals surface area contributed by atoms with Crippen LogP contribution in [-0.4, -0.2) is 48.6 Å². The van der Waals surface area contributed by atoms with Gasteiger partial charge in [0.25, 0.3) is 0 Å². The maximum absolute atomic E-state index is 6.00. The van der Waals surface area contributed by atoms with Gasteiger partial charge in [0.1, 0.15) is 5.75 Å². The fourth-order valence-electron chi connectivity index (χ4n) is 5.06. The van der Waals surface area contributed by atoms with E-state index in [-0.39, 0.29) is 0 Å². The topological polar surface area (TPSA) is 15.7 Å². The van der Waals surface area contributed by atoms with Crippen LogP contribution in [0.3, 0.4) is 0 Å². The second-order valence-electron chi connectivity index (χ2n) is 7.96. The van der Waals surface area contributed by atoms with Crippen molar-refractivity contribution in [3.05, 3.63) is 29.8 Å². The summed E-state index contributed by atoms with van der Waals surface area (Å²) in [6.07, 6.45) is 10.8. The second-order valence-corrected chi connectivity index (χ2v) is 7.96. The lowest BCUT2D eigenvalue weighted by molar-refractivity contribution is 0.150. The summed E-state index contributed by atoms with van der Waals surface area (Å²) in [5, 5.41) is 0. The molecular weight excluding hydrogens is 296 g/mol. The van der Waals surface area contributed by atoms with Crippen LogP contribution in [-0.2, 0) is 0 Å². The average Bonchev–Trinajstić information content (AvgIpc) is 3.22. The molecule has 132 valence electrons. The van der Waals surface area contributed by atoms with Gasteiger partial charge >= 0.3 is 0 Å². The summed E-state index contributed by atoms with van der Waals surface area (Å²) in [5.41, 5.74) is 1.49. The molecule has 4 rings (SSSR count). The van der Waals surface area contributed by atoms with Crippen molar-refractivity contribution in [3.8, 4) is 5.75 Å². The Bertz CT molecular complexity index is 529. The minimum absolute atomic E-state index is 0.650. The molecule has 0 saturated carbocycles. The number of hydrogen-bond donors (Lipinski definition) is 0. The van der Waals surface area contributed by atoms with Crippen molar-refractivity contribution >= 4 is 0 Å². The van der Waals surface area contributed by atoms with Crippen LogP contribution < -0.4 is 4.74 Å². The quantitative estimate of drug-likeness (QED) is 0.804. The van der Waals surface area contributed by atoms with Gasteiger partial charge in [-0.2, -0.15) is 0 Å². The molecule has 0 amide bonds. The maximum atomic E-state index is 6.00. The number of fused-ring (bicyclic) bond motifs is 1. The Labute approximate surface area is 147 Å². The van der Waals surface area contributed by atoms with Gasteiger partial charge in [0.2, 0.25) is 0 Å². The molecule has 0 spiro atoms. The Morgan fingerprint density at radius 2 is 1.83 bits per heavy atom. The molecule has 3 fully saturated rings. The molecule has 1 aromatic rings. The van der Waals surface area contributed by atoms with Gasteiger partial charge in [-0.05, 0) is 82.8 Å². The molecule has 3 aliphatic heterocycles. The number of hydrogen-bond acceptors (Lipinski definition) is 3. The monoisotopic (exact) mass is 328 g/mol. The number of rotatable bonds is 5. The van der Waals surface area contributed by atoms with Crippen molar-refractivity contribution < 1.29 is 4.74 Å². The third kappa shape index (κ3) is 3.48. The SMILES string of the molecule is CN1CCCC1CCOc1ccc(C2CCC3CCCCN32)cc1. The van der Waals surface area contributed by atoms with E-state index in [1.165, 1.54) is 63.6 Å². The first-order valence-electron chi connectivity index (χ1n) is 10.00. The zero-order valence-corrected chi connectivity index (χ0v) is 15.1. The zero-order chi connectivity index (χ0) is 16.4. The summed E-state index contributed by atoms with van der Waals surface area (Å²) in [6.45, 7) is 3.38. The van der Waals surface area contributed by atoms with Crippen molar-refractivity contribution in [1.29, 1.82) is 0 Å². The van der Waals surface area contributed by atoms with Gasteiger partial charge in [0.15, 0.2) is 0 Å². The van der Waals surface area contributed by atoms with Crippen molar-refractivity contribution in [1.82, 2.24) is 9.80 Å². The molecule has 0 N–H and O–H groups in total.